The van der Waals surface area contributed by atoms with Crippen LogP contribution in [0.15, 0.2) is 53.1 Å². The Bertz CT molecular complexity index is 954. The fraction of sp³-hybridized carbons (Fsp3) is 0.364. The number of furan rings is 1. The number of benzene rings is 1. The Hall–Kier alpha value is -3.22. The average molecular weight is 391 g/mol. The van der Waals surface area contributed by atoms with Crippen LogP contribution in [0.1, 0.15) is 44.3 Å². The fourth-order valence-corrected chi connectivity index (χ4v) is 3.83. The summed E-state index contributed by atoms with van der Waals surface area (Å²) in [5.74, 6) is 0.987. The molecule has 2 aromatic heterocycles. The Morgan fingerprint density at radius 2 is 1.86 bits per heavy atom. The molecule has 150 valence electrons. The molecule has 0 aliphatic heterocycles. The summed E-state index contributed by atoms with van der Waals surface area (Å²) >= 11 is 0. The van der Waals surface area contributed by atoms with Crippen LogP contribution in [0.5, 0.6) is 0 Å². The lowest BCUT2D eigenvalue weighted by molar-refractivity contribution is -0.126. The number of tetrazole rings is 1. The highest BCUT2D eigenvalue weighted by Crippen LogP contribution is 2.26. The Morgan fingerprint density at radius 3 is 2.55 bits per heavy atom. The van der Waals surface area contributed by atoms with Gasteiger partial charge in [-0.05, 0) is 35.4 Å². The lowest BCUT2D eigenvalue weighted by Gasteiger charge is -2.28. The SMILES string of the molecule is CN(C(=O)/C(=C\c1ccco1)n1nnnc1-c1ccccc1)C1CCCCCC1. The molecule has 7 heteroatoms. The van der Waals surface area contributed by atoms with Crippen LogP contribution in [0, 0.1) is 0 Å². The van der Waals surface area contributed by atoms with Crippen LogP contribution >= 0.6 is 0 Å². The van der Waals surface area contributed by atoms with Crippen molar-refractivity contribution in [2.24, 2.45) is 0 Å². The summed E-state index contributed by atoms with van der Waals surface area (Å²) in [7, 11) is 1.88. The molecule has 0 N–H and O–H groups in total. The summed E-state index contributed by atoms with van der Waals surface area (Å²) in [6, 6.07) is 13.4. The largest absolute Gasteiger partial charge is 0.465 e. The van der Waals surface area contributed by atoms with E-state index < -0.39 is 0 Å². The van der Waals surface area contributed by atoms with E-state index in [1.807, 2.05) is 48.3 Å². The van der Waals surface area contributed by atoms with Crippen LogP contribution in [0.4, 0.5) is 0 Å². The molecule has 1 saturated carbocycles. The van der Waals surface area contributed by atoms with Crippen molar-refractivity contribution < 1.29 is 9.21 Å². The fourth-order valence-electron chi connectivity index (χ4n) is 3.83. The van der Waals surface area contributed by atoms with Gasteiger partial charge in [0.15, 0.2) is 5.82 Å². The van der Waals surface area contributed by atoms with Crippen LogP contribution in [-0.4, -0.2) is 44.1 Å². The van der Waals surface area contributed by atoms with Crippen molar-refractivity contribution >= 4 is 17.7 Å². The molecule has 29 heavy (non-hydrogen) atoms. The van der Waals surface area contributed by atoms with Gasteiger partial charge in [-0.3, -0.25) is 4.79 Å². The zero-order valence-electron chi connectivity index (χ0n) is 16.6. The second-order valence-corrected chi connectivity index (χ2v) is 7.39. The number of amides is 1. The molecule has 3 aromatic rings. The molecule has 0 saturated heterocycles. The topological polar surface area (TPSA) is 77.0 Å². The van der Waals surface area contributed by atoms with Gasteiger partial charge in [-0.2, -0.15) is 4.68 Å². The number of likely N-dealkylation sites (N-methyl/N-ethyl adjacent to an activating group) is 1. The highest BCUT2D eigenvalue weighted by atomic mass is 16.3. The molecule has 4 rings (SSSR count). The quantitative estimate of drug-likeness (QED) is 0.483. The van der Waals surface area contributed by atoms with Crippen molar-refractivity contribution in [3.63, 3.8) is 0 Å². The molecule has 0 radical (unpaired) electrons. The van der Waals surface area contributed by atoms with Gasteiger partial charge in [0.1, 0.15) is 11.5 Å². The number of aromatic nitrogens is 4. The standard InChI is InChI=1S/C22H25N5O2/c1-26(18-12-7-2-3-8-13-18)22(28)20(16-19-14-9-15-29-19)27-21(23-24-25-27)17-10-5-4-6-11-17/h4-6,9-11,14-16,18H,2-3,7-8,12-13H2,1H3/b20-16+. The molecule has 1 amide bonds. The summed E-state index contributed by atoms with van der Waals surface area (Å²) in [6.45, 7) is 0. The van der Waals surface area contributed by atoms with Crippen molar-refractivity contribution in [3.8, 4) is 11.4 Å². The van der Waals surface area contributed by atoms with Crippen molar-refractivity contribution in [1.29, 1.82) is 0 Å². The van der Waals surface area contributed by atoms with Crippen LogP contribution in [-0.2, 0) is 4.79 Å². The van der Waals surface area contributed by atoms with E-state index in [9.17, 15) is 4.79 Å². The van der Waals surface area contributed by atoms with Crippen molar-refractivity contribution in [3.05, 3.63) is 54.5 Å². The van der Waals surface area contributed by atoms with Gasteiger partial charge in [-0.1, -0.05) is 56.0 Å². The number of carbonyl (C=O) groups excluding carboxylic acids is 1. The summed E-state index contributed by atoms with van der Waals surface area (Å²) in [5, 5.41) is 12.1. The number of hydrogen-bond acceptors (Lipinski definition) is 5. The van der Waals surface area contributed by atoms with E-state index in [4.69, 9.17) is 4.42 Å². The van der Waals surface area contributed by atoms with E-state index in [2.05, 4.69) is 15.5 Å². The molecule has 0 atom stereocenters. The number of carbonyl (C=O) groups is 1. The Labute approximate surface area is 170 Å². The first-order valence-electron chi connectivity index (χ1n) is 10.1. The molecule has 0 spiro atoms. The highest BCUT2D eigenvalue weighted by Gasteiger charge is 2.27. The van der Waals surface area contributed by atoms with E-state index in [-0.39, 0.29) is 11.9 Å². The van der Waals surface area contributed by atoms with Gasteiger partial charge in [-0.15, -0.1) is 5.10 Å². The Balaban J connectivity index is 1.72. The predicted molar refractivity (Wildman–Crippen MR) is 110 cm³/mol. The molecule has 1 aliphatic carbocycles. The van der Waals surface area contributed by atoms with Crippen LogP contribution in [0.3, 0.4) is 0 Å². The summed E-state index contributed by atoms with van der Waals surface area (Å²) in [5.41, 5.74) is 1.21. The maximum Gasteiger partial charge on any atom is 0.272 e. The van der Waals surface area contributed by atoms with Crippen molar-refractivity contribution in [2.45, 2.75) is 44.6 Å². The third-order valence-corrected chi connectivity index (χ3v) is 5.46. The second kappa shape index (κ2) is 8.86. The normalized spacial score (nSPS) is 15.8. The molecule has 1 aliphatic rings. The monoisotopic (exact) mass is 391 g/mol. The summed E-state index contributed by atoms with van der Waals surface area (Å²) < 4.78 is 6.98. The van der Waals surface area contributed by atoms with Crippen molar-refractivity contribution in [2.75, 3.05) is 7.05 Å². The molecule has 1 aromatic carbocycles. The van der Waals surface area contributed by atoms with Crippen LogP contribution < -0.4 is 0 Å². The number of rotatable bonds is 5. The zero-order chi connectivity index (χ0) is 20.1. The van der Waals surface area contributed by atoms with E-state index >= 15 is 0 Å². The minimum atomic E-state index is -0.113. The Morgan fingerprint density at radius 1 is 1.10 bits per heavy atom. The summed E-state index contributed by atoms with van der Waals surface area (Å²) in [6.07, 6.45) is 10.1. The van der Waals surface area contributed by atoms with Gasteiger partial charge in [0.2, 0.25) is 0 Å². The average Bonchev–Trinajstić information content (AvgIpc) is 3.38. The lowest BCUT2D eigenvalue weighted by atomic mass is 10.1. The predicted octanol–water partition coefficient (Wildman–Crippen LogP) is 4.11. The summed E-state index contributed by atoms with van der Waals surface area (Å²) in [4.78, 5) is 15.4. The first kappa shape index (κ1) is 19.1. The Kier molecular flexibility index (Phi) is 5.84. The van der Waals surface area contributed by atoms with E-state index in [1.54, 1.807) is 18.4 Å². The molecular formula is C22H25N5O2. The smallest absolute Gasteiger partial charge is 0.272 e. The third-order valence-electron chi connectivity index (χ3n) is 5.46. The van der Waals surface area contributed by atoms with Gasteiger partial charge < -0.3 is 9.32 Å². The number of hydrogen-bond donors (Lipinski definition) is 0. The zero-order valence-corrected chi connectivity index (χ0v) is 16.6. The van der Waals surface area contributed by atoms with Gasteiger partial charge in [0, 0.05) is 24.7 Å². The maximum atomic E-state index is 13.6. The van der Waals surface area contributed by atoms with Gasteiger partial charge in [0.25, 0.3) is 5.91 Å². The second-order valence-electron chi connectivity index (χ2n) is 7.39. The molecule has 0 unspecified atom stereocenters. The molecule has 1 fully saturated rings. The first-order valence-corrected chi connectivity index (χ1v) is 10.1. The van der Waals surface area contributed by atoms with Gasteiger partial charge >= 0.3 is 0 Å². The van der Waals surface area contributed by atoms with Crippen LogP contribution in [0.25, 0.3) is 23.2 Å². The maximum absolute atomic E-state index is 13.6. The molecule has 2 heterocycles. The molecule has 0 bridgehead atoms. The highest BCUT2D eigenvalue weighted by molar-refractivity contribution is 6.18. The van der Waals surface area contributed by atoms with E-state index in [0.717, 1.165) is 31.2 Å². The first-order chi connectivity index (χ1) is 14.2. The van der Waals surface area contributed by atoms with E-state index in [1.165, 1.54) is 17.5 Å². The molecular weight excluding hydrogens is 366 g/mol. The lowest BCUT2D eigenvalue weighted by Crippen LogP contribution is -2.38. The van der Waals surface area contributed by atoms with Crippen LogP contribution in [0.2, 0.25) is 0 Å². The van der Waals surface area contributed by atoms with Gasteiger partial charge in [0.05, 0.1) is 6.26 Å². The third kappa shape index (κ3) is 4.29. The minimum absolute atomic E-state index is 0.113. The number of nitrogens with zero attached hydrogens (tertiary/aromatic N) is 5. The van der Waals surface area contributed by atoms with Gasteiger partial charge in [-0.25, -0.2) is 0 Å². The minimum Gasteiger partial charge on any atom is -0.465 e. The van der Waals surface area contributed by atoms with Crippen molar-refractivity contribution in [1.82, 2.24) is 25.1 Å². The molecule has 7 nitrogen and oxygen atoms in total. The van der Waals surface area contributed by atoms with E-state index in [0.29, 0.717) is 17.3 Å².